The molecule has 3 aliphatic rings. The Hall–Kier alpha value is -4.70. The van der Waals surface area contributed by atoms with Gasteiger partial charge in [0.15, 0.2) is 0 Å². The normalized spacial score (nSPS) is 21.5. The number of anilines is 1. The summed E-state index contributed by atoms with van der Waals surface area (Å²) in [5.74, 6) is 1.28. The molecular weight excluding hydrogens is 578 g/mol. The standard InChI is InChI=1S/C36H39N7O3/c1-40-15-4-7-28(40)23-46-36-38-33-19-25(32-20-29(44)18-24-6-2-3-8-30(24)32)9-12-31(33)35(39-36)41-21-26-10-11-27(22-41)43(26)34(45)13-17-42-16-5-14-37-42/h2-3,5-6,8-9,12,14,16,18-20,26-28,44H,4,7,10-11,13,15,17,21-23H2,1H3/t26?,27?,28-/m0/s1. The van der Waals surface area contributed by atoms with Gasteiger partial charge in [-0.25, -0.2) is 0 Å². The van der Waals surface area contributed by atoms with E-state index in [0.29, 0.717) is 31.6 Å². The minimum atomic E-state index is 0.142. The number of likely N-dealkylation sites (tertiary alicyclic amines) is 1. The van der Waals surface area contributed by atoms with E-state index in [2.05, 4.69) is 51.1 Å². The van der Waals surface area contributed by atoms with E-state index in [1.165, 1.54) is 6.42 Å². The first kappa shape index (κ1) is 28.8. The van der Waals surface area contributed by atoms with Gasteiger partial charge >= 0.3 is 6.01 Å². The number of rotatable bonds is 8. The van der Waals surface area contributed by atoms with Crippen molar-refractivity contribution in [1.82, 2.24) is 29.5 Å². The van der Waals surface area contributed by atoms with Gasteiger partial charge in [0.1, 0.15) is 18.2 Å². The summed E-state index contributed by atoms with van der Waals surface area (Å²) in [5, 5.41) is 17.8. The predicted molar refractivity (Wildman–Crippen MR) is 178 cm³/mol. The van der Waals surface area contributed by atoms with Gasteiger partial charge in [-0.05, 0) is 91.5 Å². The Bertz CT molecular complexity index is 1880. The first-order valence-corrected chi connectivity index (χ1v) is 16.4. The summed E-state index contributed by atoms with van der Waals surface area (Å²) in [6.07, 6.45) is 8.35. The second-order valence-electron chi connectivity index (χ2n) is 13.0. The number of ether oxygens (including phenoxy) is 1. The van der Waals surface area contributed by atoms with Crippen LogP contribution in [-0.4, -0.2) is 92.0 Å². The molecule has 3 aromatic carbocycles. The fraction of sp³-hybridized carbons (Fsp3) is 0.389. The third kappa shape index (κ3) is 5.40. The number of carbonyl (C=O) groups excluding carboxylic acids is 1. The van der Waals surface area contributed by atoms with Crippen LogP contribution in [0.3, 0.4) is 0 Å². The molecule has 2 aromatic heterocycles. The molecule has 2 bridgehead atoms. The molecule has 0 aliphatic carbocycles. The number of nitrogens with zero attached hydrogens (tertiary/aromatic N) is 7. The maximum atomic E-state index is 13.4. The van der Waals surface area contributed by atoms with Crippen LogP contribution in [0.2, 0.25) is 0 Å². The van der Waals surface area contributed by atoms with E-state index in [1.807, 2.05) is 41.2 Å². The zero-order valence-corrected chi connectivity index (χ0v) is 26.1. The quantitative estimate of drug-likeness (QED) is 0.257. The molecule has 3 aliphatic heterocycles. The number of phenols is 1. The van der Waals surface area contributed by atoms with Gasteiger partial charge in [0.05, 0.1) is 5.52 Å². The Kier molecular flexibility index (Phi) is 7.44. The van der Waals surface area contributed by atoms with Gasteiger partial charge in [-0.3, -0.25) is 9.48 Å². The van der Waals surface area contributed by atoms with Crippen LogP contribution in [-0.2, 0) is 11.3 Å². The molecule has 8 rings (SSSR count). The Morgan fingerprint density at radius 3 is 2.61 bits per heavy atom. The van der Waals surface area contributed by atoms with Crippen molar-refractivity contribution in [1.29, 1.82) is 0 Å². The van der Waals surface area contributed by atoms with Crippen LogP contribution in [0.4, 0.5) is 5.82 Å². The number of hydrogen-bond acceptors (Lipinski definition) is 8. The zero-order chi connectivity index (χ0) is 31.2. The minimum Gasteiger partial charge on any atom is -0.508 e. The molecule has 0 saturated carbocycles. The van der Waals surface area contributed by atoms with Crippen molar-refractivity contribution in [2.45, 2.75) is 56.8 Å². The fourth-order valence-corrected chi connectivity index (χ4v) is 7.71. The average Bonchev–Trinajstić information content (AvgIpc) is 3.81. The minimum absolute atomic E-state index is 0.142. The number of fused-ring (bicyclic) bond motifs is 4. The Morgan fingerprint density at radius 1 is 0.978 bits per heavy atom. The first-order chi connectivity index (χ1) is 22.5. The zero-order valence-electron chi connectivity index (χ0n) is 26.1. The second kappa shape index (κ2) is 11.9. The van der Waals surface area contributed by atoms with Crippen LogP contribution in [0.5, 0.6) is 11.8 Å². The number of aryl methyl sites for hydroxylation is 1. The van der Waals surface area contributed by atoms with Crippen molar-refractivity contribution in [3.8, 4) is 22.9 Å². The summed E-state index contributed by atoms with van der Waals surface area (Å²) in [6, 6.07) is 20.9. The number of benzene rings is 3. The molecule has 1 N–H and O–H groups in total. The van der Waals surface area contributed by atoms with E-state index in [9.17, 15) is 9.90 Å². The van der Waals surface area contributed by atoms with Gasteiger partial charge < -0.3 is 24.5 Å². The van der Waals surface area contributed by atoms with Gasteiger partial charge in [0.25, 0.3) is 0 Å². The third-order valence-corrected chi connectivity index (χ3v) is 10.1. The number of phenolic OH excluding ortho intramolecular Hbond substituents is 1. The molecule has 2 unspecified atom stereocenters. The summed E-state index contributed by atoms with van der Waals surface area (Å²) in [4.78, 5) is 30.2. The smallest absolute Gasteiger partial charge is 0.319 e. The molecule has 5 heterocycles. The van der Waals surface area contributed by atoms with Crippen molar-refractivity contribution in [3.63, 3.8) is 0 Å². The molecule has 10 heteroatoms. The molecular formula is C36H39N7O3. The fourth-order valence-electron chi connectivity index (χ4n) is 7.71. The van der Waals surface area contributed by atoms with Crippen LogP contribution in [0, 0.1) is 0 Å². The van der Waals surface area contributed by atoms with E-state index in [-0.39, 0.29) is 23.7 Å². The number of carbonyl (C=O) groups is 1. The van der Waals surface area contributed by atoms with E-state index < -0.39 is 0 Å². The topological polar surface area (TPSA) is 99.9 Å². The molecule has 3 saturated heterocycles. The lowest BCUT2D eigenvalue weighted by Crippen LogP contribution is -2.56. The largest absolute Gasteiger partial charge is 0.508 e. The highest BCUT2D eigenvalue weighted by Gasteiger charge is 2.43. The van der Waals surface area contributed by atoms with Crippen molar-refractivity contribution in [2.75, 3.05) is 38.2 Å². The molecule has 3 atom stereocenters. The number of hydrogen-bond donors (Lipinski definition) is 1. The Balaban J connectivity index is 1.12. The summed E-state index contributed by atoms with van der Waals surface area (Å²) in [6.45, 7) is 3.66. The van der Waals surface area contributed by atoms with E-state index in [1.54, 1.807) is 12.3 Å². The summed E-state index contributed by atoms with van der Waals surface area (Å²) >= 11 is 0. The van der Waals surface area contributed by atoms with E-state index in [4.69, 9.17) is 14.7 Å². The highest BCUT2D eigenvalue weighted by molar-refractivity contribution is 6.01. The van der Waals surface area contributed by atoms with Gasteiger partial charge in [-0.15, -0.1) is 0 Å². The average molecular weight is 618 g/mol. The van der Waals surface area contributed by atoms with Gasteiger partial charge in [0.2, 0.25) is 5.91 Å². The number of aromatic hydroxyl groups is 1. The van der Waals surface area contributed by atoms with Crippen LogP contribution in [0.25, 0.3) is 32.8 Å². The Labute approximate surface area is 268 Å². The highest BCUT2D eigenvalue weighted by Crippen LogP contribution is 2.38. The van der Waals surface area contributed by atoms with E-state index >= 15 is 0 Å². The number of likely N-dealkylation sites (N-methyl/N-ethyl adjacent to an activating group) is 1. The van der Waals surface area contributed by atoms with Gasteiger partial charge in [-0.1, -0.05) is 30.3 Å². The molecule has 236 valence electrons. The van der Waals surface area contributed by atoms with Crippen molar-refractivity contribution >= 4 is 33.4 Å². The van der Waals surface area contributed by atoms with Crippen molar-refractivity contribution in [2.24, 2.45) is 0 Å². The summed E-state index contributed by atoms with van der Waals surface area (Å²) < 4.78 is 8.15. The van der Waals surface area contributed by atoms with Crippen LogP contribution in [0.1, 0.15) is 32.1 Å². The predicted octanol–water partition coefficient (Wildman–Crippen LogP) is 5.10. The maximum Gasteiger partial charge on any atom is 0.319 e. The number of piperazine rings is 1. The van der Waals surface area contributed by atoms with Crippen LogP contribution >= 0.6 is 0 Å². The van der Waals surface area contributed by atoms with Crippen molar-refractivity contribution in [3.05, 3.63) is 73.1 Å². The van der Waals surface area contributed by atoms with Gasteiger partial charge in [0, 0.05) is 62.0 Å². The molecule has 0 radical (unpaired) electrons. The molecule has 3 fully saturated rings. The van der Waals surface area contributed by atoms with E-state index in [0.717, 1.165) is 77.5 Å². The molecule has 10 nitrogen and oxygen atoms in total. The highest BCUT2D eigenvalue weighted by atomic mass is 16.5. The maximum absolute atomic E-state index is 13.4. The number of amides is 1. The van der Waals surface area contributed by atoms with Crippen molar-refractivity contribution < 1.29 is 14.6 Å². The molecule has 0 spiro atoms. The molecule has 5 aromatic rings. The SMILES string of the molecule is CN1CCC[C@H]1COc1nc(N2CC3CCC(C2)N3C(=O)CCn2cccn2)c2ccc(-c3cc(O)cc4ccccc34)cc2n1. The monoisotopic (exact) mass is 617 g/mol. The summed E-state index contributed by atoms with van der Waals surface area (Å²) in [7, 11) is 2.14. The lowest BCUT2D eigenvalue weighted by atomic mass is 9.97. The van der Waals surface area contributed by atoms with Gasteiger partial charge in [-0.2, -0.15) is 15.1 Å². The molecule has 1 amide bonds. The lowest BCUT2D eigenvalue weighted by molar-refractivity contribution is -0.134. The second-order valence-corrected chi connectivity index (χ2v) is 13.0. The third-order valence-electron chi connectivity index (χ3n) is 10.1. The summed E-state index contributed by atoms with van der Waals surface area (Å²) in [5.41, 5.74) is 2.72. The first-order valence-electron chi connectivity index (χ1n) is 16.4. The van der Waals surface area contributed by atoms with Crippen LogP contribution < -0.4 is 9.64 Å². The Morgan fingerprint density at radius 2 is 1.83 bits per heavy atom. The molecule has 46 heavy (non-hydrogen) atoms. The number of aromatic nitrogens is 4. The lowest BCUT2D eigenvalue weighted by Gasteiger charge is -2.42. The van der Waals surface area contributed by atoms with Crippen LogP contribution in [0.15, 0.2) is 73.1 Å².